The Labute approximate surface area is 221 Å². The van der Waals surface area contributed by atoms with Gasteiger partial charge in [-0.1, -0.05) is 12.1 Å². The lowest BCUT2D eigenvalue weighted by molar-refractivity contribution is -0.178. The molecule has 10 heteroatoms. The van der Waals surface area contributed by atoms with Crippen molar-refractivity contribution in [2.75, 3.05) is 25.0 Å². The van der Waals surface area contributed by atoms with Crippen molar-refractivity contribution in [3.63, 3.8) is 0 Å². The molecule has 1 aromatic carbocycles. The molecule has 0 spiro atoms. The van der Waals surface area contributed by atoms with Crippen molar-refractivity contribution in [1.82, 2.24) is 30.0 Å². The fourth-order valence-corrected chi connectivity index (χ4v) is 5.94. The molecule has 3 heterocycles. The first-order valence-corrected chi connectivity index (χ1v) is 13.1. The van der Waals surface area contributed by atoms with E-state index in [1.165, 1.54) is 0 Å². The monoisotopic (exact) mass is 510 g/mol. The average Bonchev–Trinajstić information content (AvgIpc) is 3.35. The first-order chi connectivity index (χ1) is 18.4. The van der Waals surface area contributed by atoms with Gasteiger partial charge in [-0.05, 0) is 62.6 Å². The van der Waals surface area contributed by atoms with Crippen LogP contribution in [0.4, 0.5) is 11.6 Å². The maximum atomic E-state index is 12.9. The molecule has 3 aliphatic carbocycles. The first-order valence-electron chi connectivity index (χ1n) is 13.1. The van der Waals surface area contributed by atoms with E-state index in [2.05, 4.69) is 25.6 Å². The Morgan fingerprint density at radius 2 is 1.87 bits per heavy atom. The lowest BCUT2D eigenvalue weighted by Gasteiger charge is -2.61. The minimum atomic E-state index is -0.288. The number of nitriles is 1. The molecular formula is C28H30N8O2. The number of carbonyl (C=O) groups is 2. The summed E-state index contributed by atoms with van der Waals surface area (Å²) in [4.78, 5) is 36.2. The van der Waals surface area contributed by atoms with Crippen molar-refractivity contribution in [2.24, 2.45) is 11.3 Å². The Balaban J connectivity index is 1.08. The molecule has 2 N–H and O–H groups in total. The van der Waals surface area contributed by atoms with Crippen LogP contribution in [0.15, 0.2) is 42.9 Å². The van der Waals surface area contributed by atoms with Crippen LogP contribution in [0.3, 0.4) is 0 Å². The van der Waals surface area contributed by atoms with Crippen LogP contribution in [0, 0.1) is 29.6 Å². The highest BCUT2D eigenvalue weighted by atomic mass is 16.2. The fourth-order valence-electron chi connectivity index (χ4n) is 5.94. The van der Waals surface area contributed by atoms with Gasteiger partial charge in [-0.2, -0.15) is 10.4 Å². The summed E-state index contributed by atoms with van der Waals surface area (Å²) < 4.78 is 1.98. The summed E-state index contributed by atoms with van der Waals surface area (Å²) in [6, 6.07) is 9.27. The summed E-state index contributed by atoms with van der Waals surface area (Å²) >= 11 is 0. The summed E-state index contributed by atoms with van der Waals surface area (Å²) in [5, 5.41) is 19.0. The van der Waals surface area contributed by atoms with Crippen LogP contribution < -0.4 is 10.6 Å². The van der Waals surface area contributed by atoms with Gasteiger partial charge in [0.05, 0.1) is 35.1 Å². The molecule has 0 radical (unpaired) electrons. The Morgan fingerprint density at radius 3 is 2.53 bits per heavy atom. The third-order valence-corrected chi connectivity index (χ3v) is 8.20. The molecule has 4 fully saturated rings. The number of nitrogens with zero attached hydrogens (tertiary/aromatic N) is 6. The molecule has 3 saturated carbocycles. The molecule has 7 rings (SSSR count). The van der Waals surface area contributed by atoms with E-state index in [1.54, 1.807) is 24.5 Å². The summed E-state index contributed by atoms with van der Waals surface area (Å²) in [5.74, 6) is 1.36. The summed E-state index contributed by atoms with van der Waals surface area (Å²) in [5.41, 5.74) is 3.82. The van der Waals surface area contributed by atoms with E-state index in [-0.39, 0.29) is 23.9 Å². The topological polar surface area (TPSA) is 129 Å². The molecule has 1 aliphatic heterocycles. The number of rotatable bonds is 7. The van der Waals surface area contributed by atoms with Crippen LogP contribution in [0.1, 0.15) is 54.1 Å². The van der Waals surface area contributed by atoms with Gasteiger partial charge in [-0.3, -0.25) is 14.3 Å². The Bertz CT molecular complexity index is 1400. The van der Waals surface area contributed by atoms with Gasteiger partial charge in [0, 0.05) is 36.6 Å². The summed E-state index contributed by atoms with van der Waals surface area (Å²) in [6.45, 7) is 3.50. The lowest BCUT2D eigenvalue weighted by Crippen LogP contribution is -2.61. The molecule has 2 amide bonds. The molecule has 10 nitrogen and oxygen atoms in total. The van der Waals surface area contributed by atoms with Gasteiger partial charge >= 0.3 is 0 Å². The Hall–Kier alpha value is -4.26. The van der Waals surface area contributed by atoms with Crippen molar-refractivity contribution in [3.05, 3.63) is 54.0 Å². The number of aryl methyl sites for hydroxylation is 1. The number of aromatic nitrogens is 4. The predicted molar refractivity (Wildman–Crippen MR) is 140 cm³/mol. The number of anilines is 2. The highest BCUT2D eigenvalue weighted by Gasteiger charge is 2.62. The molecule has 4 aliphatic rings. The van der Waals surface area contributed by atoms with Crippen molar-refractivity contribution < 1.29 is 9.59 Å². The second-order valence-electron chi connectivity index (χ2n) is 10.8. The van der Waals surface area contributed by atoms with Crippen LogP contribution in [-0.2, 0) is 4.79 Å². The van der Waals surface area contributed by atoms with Crippen molar-refractivity contribution in [1.29, 1.82) is 5.26 Å². The maximum absolute atomic E-state index is 12.9. The number of piperidine rings is 1. The average molecular weight is 511 g/mol. The lowest BCUT2D eigenvalue weighted by atomic mass is 9.44. The van der Waals surface area contributed by atoms with Crippen LogP contribution in [0.25, 0.3) is 11.3 Å². The number of hydrogen-bond acceptors (Lipinski definition) is 7. The van der Waals surface area contributed by atoms with Crippen molar-refractivity contribution in [2.45, 2.75) is 45.1 Å². The number of hydrogen-bond donors (Lipinski definition) is 2. The quantitative estimate of drug-likeness (QED) is 0.465. The van der Waals surface area contributed by atoms with Gasteiger partial charge in [0.25, 0.3) is 5.91 Å². The van der Waals surface area contributed by atoms with E-state index in [9.17, 15) is 9.59 Å². The molecular weight excluding hydrogens is 480 g/mol. The second-order valence-corrected chi connectivity index (χ2v) is 10.8. The Kier molecular flexibility index (Phi) is 6.06. The molecule has 2 aromatic heterocycles. The van der Waals surface area contributed by atoms with Crippen LogP contribution >= 0.6 is 0 Å². The second kappa shape index (κ2) is 9.56. The van der Waals surface area contributed by atoms with E-state index in [0.29, 0.717) is 17.4 Å². The molecule has 1 saturated heterocycles. The SMILES string of the molecule is Cc1cnc(Nc2cnn(C3CCN(C(=O)C45CC(C4)C5)CC3)c2)nc1-c1ccc(C(=O)NCC#N)cc1. The highest BCUT2D eigenvalue weighted by molar-refractivity contribution is 5.94. The van der Waals surface area contributed by atoms with Gasteiger partial charge in [0.15, 0.2) is 0 Å². The van der Waals surface area contributed by atoms with E-state index in [1.807, 2.05) is 36.0 Å². The highest BCUT2D eigenvalue weighted by Crippen LogP contribution is 2.65. The Morgan fingerprint density at radius 1 is 1.13 bits per heavy atom. The number of carbonyl (C=O) groups excluding carboxylic acids is 2. The van der Waals surface area contributed by atoms with Crippen molar-refractivity contribution in [3.8, 4) is 17.3 Å². The normalized spacial score (nSPS) is 22.1. The molecule has 2 bridgehead atoms. The maximum Gasteiger partial charge on any atom is 0.252 e. The third-order valence-electron chi connectivity index (χ3n) is 8.20. The third kappa shape index (κ3) is 4.38. The predicted octanol–water partition coefficient (Wildman–Crippen LogP) is 3.61. The zero-order valence-corrected chi connectivity index (χ0v) is 21.4. The number of amides is 2. The van der Waals surface area contributed by atoms with E-state index >= 15 is 0 Å². The zero-order chi connectivity index (χ0) is 26.3. The van der Waals surface area contributed by atoms with Gasteiger partial charge in [0.2, 0.25) is 11.9 Å². The summed E-state index contributed by atoms with van der Waals surface area (Å²) in [6.07, 6.45) is 10.6. The molecule has 194 valence electrons. The molecule has 0 unspecified atom stereocenters. The van der Waals surface area contributed by atoms with E-state index in [0.717, 1.165) is 73.6 Å². The molecule has 38 heavy (non-hydrogen) atoms. The van der Waals surface area contributed by atoms with E-state index in [4.69, 9.17) is 10.2 Å². The van der Waals surface area contributed by atoms with Crippen molar-refractivity contribution >= 4 is 23.5 Å². The fraction of sp³-hybridized carbons (Fsp3) is 0.429. The van der Waals surface area contributed by atoms with Crippen LogP contribution in [0.2, 0.25) is 0 Å². The van der Waals surface area contributed by atoms with Gasteiger partial charge in [0.1, 0.15) is 6.54 Å². The largest absolute Gasteiger partial charge is 0.342 e. The number of benzene rings is 1. The van der Waals surface area contributed by atoms with Gasteiger partial charge in [-0.15, -0.1) is 0 Å². The van der Waals surface area contributed by atoms with Crippen LogP contribution in [-0.4, -0.2) is 56.1 Å². The number of likely N-dealkylation sites (tertiary alicyclic amines) is 1. The summed E-state index contributed by atoms with van der Waals surface area (Å²) in [7, 11) is 0. The molecule has 0 atom stereocenters. The van der Waals surface area contributed by atoms with Gasteiger partial charge < -0.3 is 15.5 Å². The van der Waals surface area contributed by atoms with E-state index < -0.39 is 0 Å². The van der Waals surface area contributed by atoms with Crippen LogP contribution in [0.5, 0.6) is 0 Å². The smallest absolute Gasteiger partial charge is 0.252 e. The molecule has 3 aromatic rings. The van der Waals surface area contributed by atoms with Gasteiger partial charge in [-0.25, -0.2) is 9.97 Å². The standard InChI is InChI=1S/C28H30N8O2/c1-18-15-31-27(34-24(18)20-2-4-21(5-3-20)25(37)30-9-8-29)33-22-16-32-36(17-22)23-6-10-35(11-7-23)26(38)28-12-19(13-28)14-28/h2-5,15-17,19,23H,6-7,9-14H2,1H3,(H,30,37)(H,31,33,34). The zero-order valence-electron chi connectivity index (χ0n) is 21.4. The minimum Gasteiger partial charge on any atom is -0.342 e. The minimum absolute atomic E-state index is 0.00186. The first kappa shape index (κ1) is 24.1. The number of nitrogens with one attached hydrogen (secondary N) is 2.